The second kappa shape index (κ2) is 27.5. The molecule has 1 N–H and O–H groups in total. The van der Waals surface area contributed by atoms with Crippen molar-refractivity contribution < 1.29 is 0 Å². The van der Waals surface area contributed by atoms with Crippen molar-refractivity contribution in [2.75, 3.05) is 0 Å². The highest BCUT2D eigenvalue weighted by molar-refractivity contribution is 7.13. The summed E-state index contributed by atoms with van der Waals surface area (Å²) in [5, 5.41) is 2.23. The van der Waals surface area contributed by atoms with E-state index in [-0.39, 0.29) is 0 Å². The highest BCUT2D eigenvalue weighted by Gasteiger charge is 2.11. The van der Waals surface area contributed by atoms with Gasteiger partial charge in [0.05, 0.1) is 0 Å². The second-order valence-electron chi connectivity index (χ2n) is 13.4. The van der Waals surface area contributed by atoms with Crippen LogP contribution in [0.2, 0.25) is 0 Å². The lowest BCUT2D eigenvalue weighted by Gasteiger charge is -2.05. The summed E-state index contributed by atoms with van der Waals surface area (Å²) in [7, 11) is 0. The zero-order chi connectivity index (χ0) is 29.8. The Hall–Kier alpha value is -1.02. The molecule has 0 spiro atoms. The predicted molar refractivity (Wildman–Crippen MR) is 192 cm³/mol. The van der Waals surface area contributed by atoms with Crippen molar-refractivity contribution >= 4 is 11.3 Å². The standard InChI is InChI=1S/C40H71NS/c1-3-5-7-9-11-13-15-17-19-21-23-25-27-29-32-37-36-38(40-34-31-35-42-40)39(41-37)33-30-28-26-24-22-20-18-16-14-12-10-8-6-4-2/h31,34-36,41H,3-30,32-33H2,1-2H3. The van der Waals surface area contributed by atoms with E-state index in [1.165, 1.54) is 214 Å². The van der Waals surface area contributed by atoms with E-state index in [9.17, 15) is 0 Å². The number of thiophene rings is 1. The van der Waals surface area contributed by atoms with Gasteiger partial charge in [-0.25, -0.2) is 0 Å². The molecule has 0 fully saturated rings. The molecule has 2 heterocycles. The zero-order valence-corrected chi connectivity index (χ0v) is 29.2. The van der Waals surface area contributed by atoms with Gasteiger partial charge in [0.25, 0.3) is 0 Å². The summed E-state index contributed by atoms with van der Waals surface area (Å²) in [5.41, 5.74) is 4.45. The molecule has 0 atom stereocenters. The first-order valence-electron chi connectivity index (χ1n) is 19.1. The highest BCUT2D eigenvalue weighted by atomic mass is 32.1. The van der Waals surface area contributed by atoms with E-state index in [2.05, 4.69) is 42.4 Å². The minimum atomic E-state index is 1.21. The van der Waals surface area contributed by atoms with Crippen LogP contribution in [0.25, 0.3) is 10.4 Å². The van der Waals surface area contributed by atoms with Crippen LogP contribution in [-0.4, -0.2) is 4.98 Å². The lowest BCUT2D eigenvalue weighted by Crippen LogP contribution is -1.91. The largest absolute Gasteiger partial charge is 0.362 e. The molecule has 2 aromatic heterocycles. The van der Waals surface area contributed by atoms with Crippen LogP contribution in [0, 0.1) is 0 Å². The van der Waals surface area contributed by atoms with Crippen molar-refractivity contribution in [2.24, 2.45) is 0 Å². The van der Waals surface area contributed by atoms with Crippen LogP contribution in [0.1, 0.15) is 205 Å². The Bertz CT molecular complexity index is 804. The summed E-state index contributed by atoms with van der Waals surface area (Å²) >= 11 is 1.89. The Morgan fingerprint density at radius 2 is 0.857 bits per heavy atom. The summed E-state index contributed by atoms with van der Waals surface area (Å²) in [6.07, 6.45) is 42.5. The van der Waals surface area contributed by atoms with E-state index in [1.54, 1.807) is 0 Å². The summed E-state index contributed by atoms with van der Waals surface area (Å²) in [4.78, 5) is 5.31. The summed E-state index contributed by atoms with van der Waals surface area (Å²) in [6, 6.07) is 6.99. The third kappa shape index (κ3) is 19.3. The zero-order valence-electron chi connectivity index (χ0n) is 28.4. The van der Waals surface area contributed by atoms with E-state index in [1.807, 2.05) is 11.3 Å². The predicted octanol–water partition coefficient (Wildman–Crippen LogP) is 14.8. The summed E-state index contributed by atoms with van der Waals surface area (Å²) in [6.45, 7) is 4.61. The molecule has 0 saturated carbocycles. The molecule has 2 aromatic rings. The van der Waals surface area contributed by atoms with Gasteiger partial charge < -0.3 is 4.98 Å². The number of unbranched alkanes of at least 4 members (excludes halogenated alkanes) is 26. The van der Waals surface area contributed by atoms with Crippen molar-refractivity contribution in [3.8, 4) is 10.4 Å². The minimum absolute atomic E-state index is 1.21. The fourth-order valence-corrected chi connectivity index (χ4v) is 7.32. The molecule has 0 aromatic carbocycles. The third-order valence-electron chi connectivity index (χ3n) is 9.32. The van der Waals surface area contributed by atoms with Gasteiger partial charge in [-0.3, -0.25) is 0 Å². The molecule has 1 nitrogen and oxygen atoms in total. The molecule has 0 aliphatic carbocycles. The number of nitrogens with one attached hydrogen (secondary N) is 1. The number of H-pyrrole nitrogens is 1. The van der Waals surface area contributed by atoms with Gasteiger partial charge >= 0.3 is 0 Å². The van der Waals surface area contributed by atoms with E-state index in [0.29, 0.717) is 0 Å². The molecular weight excluding hydrogens is 527 g/mol. The Morgan fingerprint density at radius 3 is 1.24 bits per heavy atom. The van der Waals surface area contributed by atoms with Gasteiger partial charge in [0.2, 0.25) is 0 Å². The van der Waals surface area contributed by atoms with Crippen LogP contribution in [0.15, 0.2) is 23.6 Å². The summed E-state index contributed by atoms with van der Waals surface area (Å²) < 4.78 is 0. The molecule has 42 heavy (non-hydrogen) atoms. The molecule has 0 radical (unpaired) electrons. The van der Waals surface area contributed by atoms with Crippen molar-refractivity contribution in [3.63, 3.8) is 0 Å². The molecular formula is C40H71NS. The number of hydrogen-bond acceptors (Lipinski definition) is 1. The van der Waals surface area contributed by atoms with Gasteiger partial charge in [-0.05, 0) is 43.2 Å². The van der Waals surface area contributed by atoms with Crippen LogP contribution < -0.4 is 0 Å². The van der Waals surface area contributed by atoms with Crippen LogP contribution in [-0.2, 0) is 12.8 Å². The highest BCUT2D eigenvalue weighted by Crippen LogP contribution is 2.31. The first-order chi connectivity index (χ1) is 20.8. The maximum Gasteiger partial charge on any atom is 0.0360 e. The molecule has 0 unspecified atom stereocenters. The quantitative estimate of drug-likeness (QED) is 0.0832. The maximum absolute atomic E-state index is 3.87. The first kappa shape index (κ1) is 37.2. The third-order valence-corrected chi connectivity index (χ3v) is 10.2. The SMILES string of the molecule is CCCCCCCCCCCCCCCCc1cc(-c2cccs2)c(CCCCCCCCCCCCCCCC)[nH]1. The molecule has 0 saturated heterocycles. The number of aromatic nitrogens is 1. The van der Waals surface area contributed by atoms with Gasteiger partial charge in [-0.1, -0.05) is 187 Å². The molecule has 2 heteroatoms. The lowest BCUT2D eigenvalue weighted by molar-refractivity contribution is 0.534. The van der Waals surface area contributed by atoms with E-state index >= 15 is 0 Å². The number of aromatic amines is 1. The Labute approximate surface area is 267 Å². The Kier molecular flexibility index (Phi) is 24.4. The first-order valence-corrected chi connectivity index (χ1v) is 20.0. The number of aryl methyl sites for hydroxylation is 2. The van der Waals surface area contributed by atoms with Crippen LogP contribution in [0.4, 0.5) is 0 Å². The fraction of sp³-hybridized carbons (Fsp3) is 0.800. The van der Waals surface area contributed by atoms with E-state index in [0.717, 1.165) is 0 Å². The molecule has 2 rings (SSSR count). The number of rotatable bonds is 31. The van der Waals surface area contributed by atoms with Crippen molar-refractivity contribution in [1.82, 2.24) is 4.98 Å². The average molecular weight is 598 g/mol. The van der Waals surface area contributed by atoms with E-state index < -0.39 is 0 Å². The van der Waals surface area contributed by atoms with E-state index in [4.69, 9.17) is 0 Å². The normalized spacial score (nSPS) is 11.6. The minimum Gasteiger partial charge on any atom is -0.362 e. The Morgan fingerprint density at radius 1 is 0.476 bits per heavy atom. The average Bonchev–Trinajstić information content (AvgIpc) is 3.68. The summed E-state index contributed by atoms with van der Waals surface area (Å²) in [5.74, 6) is 0. The van der Waals surface area contributed by atoms with Gasteiger partial charge in [0.1, 0.15) is 0 Å². The van der Waals surface area contributed by atoms with Gasteiger partial charge in [-0.15, -0.1) is 11.3 Å². The number of hydrogen-bond donors (Lipinski definition) is 1. The van der Waals surface area contributed by atoms with Crippen LogP contribution >= 0.6 is 11.3 Å². The molecule has 0 aliphatic heterocycles. The maximum atomic E-state index is 3.87. The van der Waals surface area contributed by atoms with Gasteiger partial charge in [0, 0.05) is 21.8 Å². The van der Waals surface area contributed by atoms with Crippen molar-refractivity contribution in [1.29, 1.82) is 0 Å². The molecule has 0 bridgehead atoms. The monoisotopic (exact) mass is 598 g/mol. The Balaban J connectivity index is 1.50. The van der Waals surface area contributed by atoms with Crippen molar-refractivity contribution in [2.45, 2.75) is 206 Å². The van der Waals surface area contributed by atoms with Crippen LogP contribution in [0.3, 0.4) is 0 Å². The smallest absolute Gasteiger partial charge is 0.0360 e. The van der Waals surface area contributed by atoms with Gasteiger partial charge in [0.15, 0.2) is 0 Å². The lowest BCUT2D eigenvalue weighted by atomic mass is 10.0. The molecule has 0 aliphatic rings. The molecule has 0 amide bonds. The van der Waals surface area contributed by atoms with Crippen molar-refractivity contribution in [3.05, 3.63) is 35.0 Å². The fourth-order valence-electron chi connectivity index (χ4n) is 6.55. The topological polar surface area (TPSA) is 15.8 Å². The van der Waals surface area contributed by atoms with Gasteiger partial charge in [-0.2, -0.15) is 0 Å². The molecule has 242 valence electrons. The second-order valence-corrected chi connectivity index (χ2v) is 14.3. The van der Waals surface area contributed by atoms with Crippen LogP contribution in [0.5, 0.6) is 0 Å².